The van der Waals surface area contributed by atoms with Gasteiger partial charge in [-0.3, -0.25) is 4.79 Å². The van der Waals surface area contributed by atoms with Gasteiger partial charge in [-0.25, -0.2) is 4.99 Å². The topological polar surface area (TPSA) is 56.7 Å². The largest absolute Gasteiger partial charge is 0.366 e. The average molecular weight is 374 g/mol. The highest BCUT2D eigenvalue weighted by Gasteiger charge is 2.20. The van der Waals surface area contributed by atoms with Gasteiger partial charge in [-0.2, -0.15) is 0 Å². The van der Waals surface area contributed by atoms with Crippen LogP contribution in [-0.4, -0.2) is 43.3 Å². The Balaban J connectivity index is 1.78. The molecule has 142 valence electrons. The van der Waals surface area contributed by atoms with Crippen molar-refractivity contribution in [3.05, 3.63) is 41.2 Å². The Labute approximate surface area is 159 Å². The van der Waals surface area contributed by atoms with Crippen molar-refractivity contribution < 1.29 is 4.79 Å². The second-order valence-corrected chi connectivity index (χ2v) is 7.65. The first-order valence-corrected chi connectivity index (χ1v) is 9.81. The summed E-state index contributed by atoms with van der Waals surface area (Å²) in [6.07, 6.45) is 5.81. The van der Waals surface area contributed by atoms with E-state index in [0.29, 0.717) is 11.9 Å². The maximum absolute atomic E-state index is 12.1. The van der Waals surface area contributed by atoms with E-state index in [1.165, 1.54) is 22.0 Å². The molecular weight excluding hydrogens is 343 g/mol. The number of nitrogens with zero attached hydrogens (tertiary/aromatic N) is 2. The fourth-order valence-electron chi connectivity index (χ4n) is 3.30. The molecule has 2 atom stereocenters. The van der Waals surface area contributed by atoms with Gasteiger partial charge in [0.05, 0.1) is 12.9 Å². The molecule has 0 heterocycles. The van der Waals surface area contributed by atoms with Crippen molar-refractivity contribution in [3.63, 3.8) is 0 Å². The van der Waals surface area contributed by atoms with Crippen LogP contribution < -0.4 is 15.9 Å². The minimum atomic E-state index is -0.105. The number of aryl methyl sites for hydroxylation is 2. The van der Waals surface area contributed by atoms with Gasteiger partial charge in [-0.15, -0.1) is 9.24 Å². The second-order valence-electron chi connectivity index (χ2n) is 7.03. The van der Waals surface area contributed by atoms with Gasteiger partial charge >= 0.3 is 0 Å². The first-order valence-electron chi connectivity index (χ1n) is 9.23. The van der Waals surface area contributed by atoms with E-state index in [4.69, 9.17) is 0 Å². The number of carbonyl (C=O) groups is 1. The molecule has 2 rings (SSSR count). The molecule has 0 bridgehead atoms. The van der Waals surface area contributed by atoms with E-state index in [0.717, 1.165) is 32.2 Å². The minimum Gasteiger partial charge on any atom is -0.366 e. The molecule has 0 fully saturated rings. The molecule has 1 amide bonds. The number of nitrogens with one attached hydrogen (secondary N) is 2. The first kappa shape index (κ1) is 20.6. The van der Waals surface area contributed by atoms with Gasteiger partial charge < -0.3 is 15.5 Å². The maximum Gasteiger partial charge on any atom is 0.239 e. The van der Waals surface area contributed by atoms with Crippen LogP contribution in [0.25, 0.3) is 0 Å². The van der Waals surface area contributed by atoms with Crippen LogP contribution in [0.4, 0.5) is 0 Å². The fourth-order valence-corrected chi connectivity index (χ4v) is 3.87. The summed E-state index contributed by atoms with van der Waals surface area (Å²) in [5.41, 5.74) is 4.15. The molecule has 2 unspecified atom stereocenters. The van der Waals surface area contributed by atoms with Crippen molar-refractivity contribution >= 4 is 26.8 Å². The van der Waals surface area contributed by atoms with Gasteiger partial charge in [0.1, 0.15) is 5.82 Å². The third-order valence-electron chi connectivity index (χ3n) is 4.56. The SMILES string of the molecule is C=C(/N=C\N(C)CCC)NC(=O)CNC1CCc2cc(C)cc(P)c2C1. The summed E-state index contributed by atoms with van der Waals surface area (Å²) in [6.45, 7) is 9.23. The van der Waals surface area contributed by atoms with Gasteiger partial charge in [0.15, 0.2) is 0 Å². The molecule has 1 aliphatic rings. The molecule has 26 heavy (non-hydrogen) atoms. The Hall–Kier alpha value is -1.71. The summed E-state index contributed by atoms with van der Waals surface area (Å²) in [4.78, 5) is 18.2. The van der Waals surface area contributed by atoms with E-state index in [1.807, 2.05) is 11.9 Å². The standard InChI is InChI=1S/C20H31N4OP/c1-5-8-24(4)13-22-15(3)23-20(25)12-21-17-7-6-16-9-14(2)10-19(26)18(16)11-17/h9-10,13,17,21H,3,5-8,11-12,26H2,1-2,4H3,(H,23,25)/b22-13-. The summed E-state index contributed by atoms with van der Waals surface area (Å²) in [7, 11) is 4.79. The number of benzene rings is 1. The number of rotatable bonds is 8. The monoisotopic (exact) mass is 374 g/mol. The molecule has 5 nitrogen and oxygen atoms in total. The van der Waals surface area contributed by atoms with E-state index in [-0.39, 0.29) is 12.5 Å². The lowest BCUT2D eigenvalue weighted by Gasteiger charge is -2.27. The van der Waals surface area contributed by atoms with Crippen LogP contribution in [0.5, 0.6) is 0 Å². The van der Waals surface area contributed by atoms with Gasteiger partial charge in [0.25, 0.3) is 0 Å². The smallest absolute Gasteiger partial charge is 0.239 e. The van der Waals surface area contributed by atoms with E-state index in [9.17, 15) is 4.79 Å². The highest BCUT2D eigenvalue weighted by molar-refractivity contribution is 7.27. The van der Waals surface area contributed by atoms with Crippen molar-refractivity contribution in [2.45, 2.75) is 45.6 Å². The van der Waals surface area contributed by atoms with Crippen LogP contribution in [-0.2, 0) is 17.6 Å². The van der Waals surface area contributed by atoms with E-state index in [1.54, 1.807) is 6.34 Å². The molecule has 0 aliphatic heterocycles. The molecule has 0 spiro atoms. The lowest BCUT2D eigenvalue weighted by molar-refractivity contribution is -0.119. The number of hydrogen-bond donors (Lipinski definition) is 2. The van der Waals surface area contributed by atoms with Crippen molar-refractivity contribution in [3.8, 4) is 0 Å². The number of fused-ring (bicyclic) bond motifs is 1. The highest BCUT2D eigenvalue weighted by atomic mass is 31.0. The zero-order chi connectivity index (χ0) is 19.1. The quantitative estimate of drug-likeness (QED) is 0.415. The van der Waals surface area contributed by atoms with Gasteiger partial charge in [0.2, 0.25) is 5.91 Å². The van der Waals surface area contributed by atoms with Crippen molar-refractivity contribution in [2.24, 2.45) is 4.99 Å². The van der Waals surface area contributed by atoms with Crippen molar-refractivity contribution in [2.75, 3.05) is 20.1 Å². The summed E-state index contributed by atoms with van der Waals surface area (Å²) < 4.78 is 0. The molecule has 1 aromatic rings. The van der Waals surface area contributed by atoms with Crippen LogP contribution in [0, 0.1) is 6.92 Å². The Kier molecular flexibility index (Phi) is 7.80. The van der Waals surface area contributed by atoms with Crippen LogP contribution in [0.15, 0.2) is 29.5 Å². The number of carbonyl (C=O) groups excluding carboxylic acids is 1. The third-order valence-corrected chi connectivity index (χ3v) is 5.07. The number of hydrogen-bond acceptors (Lipinski definition) is 3. The van der Waals surface area contributed by atoms with Crippen LogP contribution in [0.2, 0.25) is 0 Å². The summed E-state index contributed by atoms with van der Waals surface area (Å²) in [5, 5.41) is 7.37. The van der Waals surface area contributed by atoms with Crippen molar-refractivity contribution in [1.29, 1.82) is 0 Å². The van der Waals surface area contributed by atoms with Gasteiger partial charge in [-0.1, -0.05) is 31.2 Å². The lowest BCUT2D eigenvalue weighted by Crippen LogP contribution is -2.42. The van der Waals surface area contributed by atoms with Crippen LogP contribution in [0.3, 0.4) is 0 Å². The second kappa shape index (κ2) is 9.84. The van der Waals surface area contributed by atoms with E-state index < -0.39 is 0 Å². The summed E-state index contributed by atoms with van der Waals surface area (Å²) in [5.74, 6) is 0.266. The number of aliphatic imine (C=N–C) groups is 1. The Morgan fingerprint density at radius 3 is 3.00 bits per heavy atom. The summed E-state index contributed by atoms with van der Waals surface area (Å²) >= 11 is 0. The van der Waals surface area contributed by atoms with E-state index >= 15 is 0 Å². The minimum absolute atomic E-state index is 0.105. The highest BCUT2D eigenvalue weighted by Crippen LogP contribution is 2.22. The fraction of sp³-hybridized carbons (Fsp3) is 0.500. The molecule has 0 saturated heterocycles. The first-order chi connectivity index (χ1) is 12.4. The van der Waals surface area contributed by atoms with Crippen LogP contribution >= 0.6 is 9.24 Å². The lowest BCUT2D eigenvalue weighted by atomic mass is 9.87. The Morgan fingerprint density at radius 1 is 1.50 bits per heavy atom. The molecular formula is C20H31N4OP. The maximum atomic E-state index is 12.1. The zero-order valence-electron chi connectivity index (χ0n) is 16.1. The zero-order valence-corrected chi connectivity index (χ0v) is 17.3. The number of amides is 1. The molecule has 0 aromatic heterocycles. The van der Waals surface area contributed by atoms with Gasteiger partial charge in [-0.05, 0) is 49.0 Å². The predicted molar refractivity (Wildman–Crippen MR) is 113 cm³/mol. The average Bonchev–Trinajstić information content (AvgIpc) is 2.58. The molecule has 0 radical (unpaired) electrons. The molecule has 0 saturated carbocycles. The molecule has 1 aliphatic carbocycles. The molecule has 2 N–H and O–H groups in total. The Bertz CT molecular complexity index is 687. The summed E-state index contributed by atoms with van der Waals surface area (Å²) in [6, 6.07) is 4.81. The van der Waals surface area contributed by atoms with Crippen molar-refractivity contribution in [1.82, 2.24) is 15.5 Å². The van der Waals surface area contributed by atoms with Gasteiger partial charge in [0, 0.05) is 19.6 Å². The van der Waals surface area contributed by atoms with E-state index in [2.05, 4.69) is 57.4 Å². The Morgan fingerprint density at radius 2 is 2.27 bits per heavy atom. The molecule has 1 aromatic carbocycles. The van der Waals surface area contributed by atoms with Crippen LogP contribution in [0.1, 0.15) is 36.5 Å². The predicted octanol–water partition coefficient (Wildman–Crippen LogP) is 1.90. The molecule has 6 heteroatoms. The third kappa shape index (κ3) is 6.22. The normalized spacial score (nSPS) is 16.4.